The van der Waals surface area contributed by atoms with Crippen LogP contribution in [0.1, 0.15) is 36.9 Å². The summed E-state index contributed by atoms with van der Waals surface area (Å²) in [7, 11) is 1.83. The summed E-state index contributed by atoms with van der Waals surface area (Å²) < 4.78 is 1.68. The van der Waals surface area contributed by atoms with Crippen molar-refractivity contribution in [3.05, 3.63) is 16.4 Å². The van der Waals surface area contributed by atoms with E-state index in [1.807, 2.05) is 14.0 Å². The zero-order chi connectivity index (χ0) is 11.7. The summed E-state index contributed by atoms with van der Waals surface area (Å²) in [5, 5.41) is 4.95. The Morgan fingerprint density at radius 1 is 1.50 bits per heavy atom. The quantitative estimate of drug-likeness (QED) is 0.797. The Hall–Kier alpha value is -0.830. The summed E-state index contributed by atoms with van der Waals surface area (Å²) in [6, 6.07) is 0. The standard InChI is InChI=1S/C12H17ClN2O/c1-8-10(12(13)15(2)14-8)7-9-5-3-4-6-11(9)16/h9H,3-7H2,1-2H3. The van der Waals surface area contributed by atoms with E-state index in [0.717, 1.165) is 43.4 Å². The second-order valence-corrected chi connectivity index (χ2v) is 4.95. The number of aromatic nitrogens is 2. The summed E-state index contributed by atoms with van der Waals surface area (Å²) in [5.74, 6) is 0.555. The fraction of sp³-hybridized carbons (Fsp3) is 0.667. The predicted molar refractivity (Wildman–Crippen MR) is 63.6 cm³/mol. The molecule has 1 saturated carbocycles. The van der Waals surface area contributed by atoms with Crippen LogP contribution in [0, 0.1) is 12.8 Å². The van der Waals surface area contributed by atoms with Gasteiger partial charge in [-0.25, -0.2) is 0 Å². The molecule has 1 aliphatic carbocycles. The molecule has 3 nitrogen and oxygen atoms in total. The van der Waals surface area contributed by atoms with Gasteiger partial charge in [0.25, 0.3) is 0 Å². The van der Waals surface area contributed by atoms with Crippen molar-refractivity contribution in [3.63, 3.8) is 0 Å². The number of rotatable bonds is 2. The molecule has 1 fully saturated rings. The Morgan fingerprint density at radius 2 is 2.25 bits per heavy atom. The number of hydrogen-bond acceptors (Lipinski definition) is 2. The van der Waals surface area contributed by atoms with Crippen molar-refractivity contribution in [1.29, 1.82) is 0 Å². The van der Waals surface area contributed by atoms with Crippen LogP contribution < -0.4 is 0 Å². The van der Waals surface area contributed by atoms with E-state index < -0.39 is 0 Å². The molecule has 1 aromatic heterocycles. The van der Waals surface area contributed by atoms with E-state index in [1.165, 1.54) is 0 Å². The third-order valence-electron chi connectivity index (χ3n) is 3.40. The number of hydrogen-bond donors (Lipinski definition) is 0. The molecule has 16 heavy (non-hydrogen) atoms. The van der Waals surface area contributed by atoms with E-state index in [-0.39, 0.29) is 5.92 Å². The largest absolute Gasteiger partial charge is 0.299 e. The molecule has 0 radical (unpaired) electrons. The van der Waals surface area contributed by atoms with Crippen molar-refractivity contribution >= 4 is 17.4 Å². The van der Waals surface area contributed by atoms with Crippen LogP contribution in [-0.4, -0.2) is 15.6 Å². The number of nitrogens with zero attached hydrogens (tertiary/aromatic N) is 2. The Bertz CT molecular complexity index is 411. The summed E-state index contributed by atoms with van der Waals surface area (Å²) in [6.07, 6.45) is 4.71. The summed E-state index contributed by atoms with van der Waals surface area (Å²) in [5.41, 5.74) is 2.00. The molecule has 1 atom stereocenters. The average Bonchev–Trinajstić information content (AvgIpc) is 2.48. The Kier molecular flexibility index (Phi) is 3.33. The maximum absolute atomic E-state index is 11.8. The van der Waals surface area contributed by atoms with Gasteiger partial charge in [-0.05, 0) is 26.2 Å². The molecule has 0 bridgehead atoms. The maximum atomic E-state index is 11.8. The third kappa shape index (κ3) is 2.14. The molecule has 2 rings (SSSR count). The smallest absolute Gasteiger partial charge is 0.136 e. The molecule has 1 heterocycles. The Labute approximate surface area is 101 Å². The van der Waals surface area contributed by atoms with E-state index in [9.17, 15) is 4.79 Å². The monoisotopic (exact) mass is 240 g/mol. The minimum absolute atomic E-state index is 0.161. The minimum atomic E-state index is 0.161. The molecule has 1 unspecified atom stereocenters. The lowest BCUT2D eigenvalue weighted by atomic mass is 9.84. The summed E-state index contributed by atoms with van der Waals surface area (Å²) in [6.45, 7) is 1.95. The lowest BCUT2D eigenvalue weighted by Crippen LogP contribution is -2.21. The molecular formula is C12H17ClN2O. The van der Waals surface area contributed by atoms with Crippen molar-refractivity contribution in [1.82, 2.24) is 9.78 Å². The lowest BCUT2D eigenvalue weighted by molar-refractivity contribution is -0.124. The van der Waals surface area contributed by atoms with Gasteiger partial charge in [0.2, 0.25) is 0 Å². The number of ketones is 1. The summed E-state index contributed by atoms with van der Waals surface area (Å²) in [4.78, 5) is 11.8. The number of halogens is 1. The van der Waals surface area contributed by atoms with Crippen LogP contribution in [0.15, 0.2) is 0 Å². The zero-order valence-electron chi connectivity index (χ0n) is 9.79. The van der Waals surface area contributed by atoms with Crippen molar-refractivity contribution in [3.8, 4) is 0 Å². The third-order valence-corrected chi connectivity index (χ3v) is 3.87. The first-order chi connectivity index (χ1) is 7.59. The average molecular weight is 241 g/mol. The number of carbonyl (C=O) groups excluding carboxylic acids is 1. The van der Waals surface area contributed by atoms with E-state index in [0.29, 0.717) is 10.9 Å². The predicted octanol–water partition coefficient (Wildman–Crippen LogP) is 2.68. The normalized spacial score (nSPS) is 21.4. The van der Waals surface area contributed by atoms with Crippen molar-refractivity contribution in [2.45, 2.75) is 39.0 Å². The highest BCUT2D eigenvalue weighted by Crippen LogP contribution is 2.28. The fourth-order valence-electron chi connectivity index (χ4n) is 2.42. The van der Waals surface area contributed by atoms with E-state index in [1.54, 1.807) is 4.68 Å². The van der Waals surface area contributed by atoms with Crippen LogP contribution in [0.5, 0.6) is 0 Å². The van der Waals surface area contributed by atoms with Gasteiger partial charge in [-0.2, -0.15) is 5.10 Å². The fourth-order valence-corrected chi connectivity index (χ4v) is 2.67. The van der Waals surface area contributed by atoms with Gasteiger partial charge in [0.1, 0.15) is 10.9 Å². The van der Waals surface area contributed by atoms with Gasteiger partial charge in [0.15, 0.2) is 0 Å². The highest BCUT2D eigenvalue weighted by Gasteiger charge is 2.25. The Morgan fingerprint density at radius 3 is 2.81 bits per heavy atom. The van der Waals surface area contributed by atoms with Crippen LogP contribution >= 0.6 is 11.6 Å². The highest BCUT2D eigenvalue weighted by atomic mass is 35.5. The van der Waals surface area contributed by atoms with Gasteiger partial charge >= 0.3 is 0 Å². The molecule has 1 aromatic rings. The molecule has 0 amide bonds. The van der Waals surface area contributed by atoms with Crippen molar-refractivity contribution < 1.29 is 4.79 Å². The molecule has 0 aliphatic heterocycles. The van der Waals surface area contributed by atoms with Crippen LogP contribution in [0.4, 0.5) is 0 Å². The topological polar surface area (TPSA) is 34.9 Å². The molecule has 0 aromatic carbocycles. The summed E-state index contributed by atoms with van der Waals surface area (Å²) >= 11 is 6.17. The minimum Gasteiger partial charge on any atom is -0.299 e. The van der Waals surface area contributed by atoms with Gasteiger partial charge in [0.05, 0.1) is 5.69 Å². The number of Topliss-reactive ketones (excluding diaryl/α,β-unsaturated/α-hetero) is 1. The van der Waals surface area contributed by atoms with Gasteiger partial charge in [-0.3, -0.25) is 9.48 Å². The number of aryl methyl sites for hydroxylation is 2. The first kappa shape index (κ1) is 11.6. The first-order valence-electron chi connectivity index (χ1n) is 5.80. The van der Waals surface area contributed by atoms with Gasteiger partial charge in [0, 0.05) is 24.9 Å². The SMILES string of the molecule is Cc1nn(C)c(Cl)c1CC1CCCCC1=O. The molecule has 0 N–H and O–H groups in total. The maximum Gasteiger partial charge on any atom is 0.136 e. The second kappa shape index (κ2) is 4.58. The van der Waals surface area contributed by atoms with E-state index in [2.05, 4.69) is 5.10 Å². The molecule has 4 heteroatoms. The van der Waals surface area contributed by atoms with Crippen LogP contribution in [0.3, 0.4) is 0 Å². The van der Waals surface area contributed by atoms with Crippen LogP contribution in [0.2, 0.25) is 5.15 Å². The van der Waals surface area contributed by atoms with Crippen LogP contribution in [0.25, 0.3) is 0 Å². The van der Waals surface area contributed by atoms with Crippen LogP contribution in [-0.2, 0) is 18.3 Å². The molecule has 0 spiro atoms. The molecular weight excluding hydrogens is 224 g/mol. The highest BCUT2D eigenvalue weighted by molar-refractivity contribution is 6.30. The van der Waals surface area contributed by atoms with Gasteiger partial charge in [-0.1, -0.05) is 18.0 Å². The number of carbonyl (C=O) groups is 1. The van der Waals surface area contributed by atoms with Crippen molar-refractivity contribution in [2.24, 2.45) is 13.0 Å². The van der Waals surface area contributed by atoms with E-state index >= 15 is 0 Å². The van der Waals surface area contributed by atoms with E-state index in [4.69, 9.17) is 11.6 Å². The molecule has 1 aliphatic rings. The second-order valence-electron chi connectivity index (χ2n) is 4.59. The molecule has 0 saturated heterocycles. The zero-order valence-corrected chi connectivity index (χ0v) is 10.5. The molecule has 88 valence electrons. The van der Waals surface area contributed by atoms with Gasteiger partial charge < -0.3 is 0 Å². The Balaban J connectivity index is 2.16. The first-order valence-corrected chi connectivity index (χ1v) is 6.18. The lowest BCUT2D eigenvalue weighted by Gasteiger charge is -2.20. The van der Waals surface area contributed by atoms with Crippen molar-refractivity contribution in [2.75, 3.05) is 0 Å². The van der Waals surface area contributed by atoms with Gasteiger partial charge in [-0.15, -0.1) is 0 Å².